The van der Waals surface area contributed by atoms with E-state index in [1.54, 1.807) is 11.1 Å². The van der Waals surface area contributed by atoms with Crippen LogP contribution in [0.25, 0.3) is 11.8 Å². The van der Waals surface area contributed by atoms with Gasteiger partial charge in [0, 0.05) is 23.0 Å². The highest BCUT2D eigenvalue weighted by atomic mass is 32.2. The molecule has 0 radical (unpaired) electrons. The minimum Gasteiger partial charge on any atom is -0.318 e. The van der Waals surface area contributed by atoms with Gasteiger partial charge in [0.15, 0.2) is 5.84 Å². The fourth-order valence-corrected chi connectivity index (χ4v) is 6.07. The second kappa shape index (κ2) is 8.78. The predicted octanol–water partition coefficient (Wildman–Crippen LogP) is 5.86. The van der Waals surface area contributed by atoms with Crippen LogP contribution in [0.15, 0.2) is 46.0 Å². The van der Waals surface area contributed by atoms with Crippen LogP contribution in [0.2, 0.25) is 0 Å². The van der Waals surface area contributed by atoms with Gasteiger partial charge in [-0.3, -0.25) is 10.2 Å². The normalized spacial score (nSPS) is 20.3. The Morgan fingerprint density at radius 2 is 1.94 bits per heavy atom. The van der Waals surface area contributed by atoms with E-state index in [9.17, 15) is 4.79 Å². The summed E-state index contributed by atoms with van der Waals surface area (Å²) in [7, 11) is 0. The number of amides is 1. The summed E-state index contributed by atoms with van der Waals surface area (Å²) in [6.45, 7) is 6.29. The molecule has 1 saturated carbocycles. The zero-order chi connectivity index (χ0) is 23.1. The van der Waals surface area contributed by atoms with Gasteiger partial charge >= 0.3 is 0 Å². The number of carbonyl (C=O) groups is 1. The number of fused-ring (bicyclic) bond motifs is 1. The predicted molar refractivity (Wildman–Crippen MR) is 136 cm³/mol. The van der Waals surface area contributed by atoms with Gasteiger partial charge in [-0.2, -0.15) is 15.1 Å². The first kappa shape index (κ1) is 21.9. The lowest BCUT2D eigenvalue weighted by Crippen LogP contribution is -2.35. The summed E-state index contributed by atoms with van der Waals surface area (Å²) in [5.41, 5.74) is 5.77. The molecule has 7 heteroatoms. The third kappa shape index (κ3) is 3.88. The van der Waals surface area contributed by atoms with Crippen molar-refractivity contribution in [3.05, 3.63) is 58.4 Å². The lowest BCUT2D eigenvalue weighted by molar-refractivity contribution is -0.114. The van der Waals surface area contributed by atoms with E-state index in [0.717, 1.165) is 46.9 Å². The molecule has 2 aliphatic heterocycles. The van der Waals surface area contributed by atoms with Gasteiger partial charge in [-0.1, -0.05) is 44.4 Å². The van der Waals surface area contributed by atoms with E-state index in [2.05, 4.69) is 60.7 Å². The molecular weight excluding hydrogens is 430 g/mol. The van der Waals surface area contributed by atoms with E-state index >= 15 is 0 Å². The second-order valence-electron chi connectivity index (χ2n) is 8.94. The number of nitrogens with zero attached hydrogens (tertiary/aromatic N) is 4. The van der Waals surface area contributed by atoms with Gasteiger partial charge in [0.05, 0.1) is 5.57 Å². The van der Waals surface area contributed by atoms with Crippen LogP contribution in [0.4, 0.5) is 0 Å². The van der Waals surface area contributed by atoms with Crippen LogP contribution in [-0.4, -0.2) is 31.5 Å². The first-order valence-electron chi connectivity index (χ1n) is 11.7. The molecule has 33 heavy (non-hydrogen) atoms. The molecule has 0 unspecified atom stereocenters. The largest absolute Gasteiger partial charge is 0.318 e. The maximum atomic E-state index is 12.9. The van der Waals surface area contributed by atoms with Crippen molar-refractivity contribution in [2.75, 3.05) is 0 Å². The number of aryl methyl sites for hydroxylation is 2. The molecule has 6 nitrogen and oxygen atoms in total. The van der Waals surface area contributed by atoms with Crippen LogP contribution in [-0.2, 0) is 11.2 Å². The van der Waals surface area contributed by atoms with Crippen molar-refractivity contribution in [2.24, 2.45) is 16.0 Å². The van der Waals surface area contributed by atoms with Gasteiger partial charge < -0.3 is 4.57 Å². The molecule has 0 saturated heterocycles. The van der Waals surface area contributed by atoms with E-state index in [-0.39, 0.29) is 17.3 Å². The summed E-state index contributed by atoms with van der Waals surface area (Å²) in [6, 6.07) is 10.5. The Labute approximate surface area is 199 Å². The van der Waals surface area contributed by atoms with Crippen molar-refractivity contribution in [3.63, 3.8) is 0 Å². The molecule has 0 bridgehead atoms. The van der Waals surface area contributed by atoms with Crippen molar-refractivity contribution < 1.29 is 4.79 Å². The highest BCUT2D eigenvalue weighted by Crippen LogP contribution is 2.36. The lowest BCUT2D eigenvalue weighted by atomic mass is 9.90. The third-order valence-electron chi connectivity index (χ3n) is 6.81. The number of rotatable bonds is 4. The Kier molecular flexibility index (Phi) is 5.83. The summed E-state index contributed by atoms with van der Waals surface area (Å²) >= 11 is 1.46. The quantitative estimate of drug-likeness (QED) is 0.582. The number of aliphatic imine (C=N–C) groups is 1. The summed E-state index contributed by atoms with van der Waals surface area (Å²) in [6.07, 6.45) is 8.71. The monoisotopic (exact) mass is 459 g/mol. The van der Waals surface area contributed by atoms with Gasteiger partial charge in [-0.25, -0.2) is 0 Å². The van der Waals surface area contributed by atoms with Gasteiger partial charge in [0.1, 0.15) is 5.04 Å². The van der Waals surface area contributed by atoms with Crippen molar-refractivity contribution >= 4 is 39.8 Å². The number of amidine groups is 2. The number of hydrazone groups is 1. The second-order valence-corrected chi connectivity index (χ2v) is 9.92. The number of aromatic nitrogens is 1. The Bertz CT molecular complexity index is 1230. The molecular formula is C26H29N5OS. The van der Waals surface area contributed by atoms with E-state index in [1.807, 2.05) is 0 Å². The van der Waals surface area contributed by atoms with E-state index in [1.165, 1.54) is 36.6 Å². The molecule has 1 aromatic heterocycles. The summed E-state index contributed by atoms with van der Waals surface area (Å²) < 4.78 is 2.22. The molecule has 5 rings (SSSR count). The molecule has 3 heterocycles. The number of hydrogen-bond acceptors (Lipinski definition) is 4. The van der Waals surface area contributed by atoms with Crippen LogP contribution in [0.5, 0.6) is 0 Å². The van der Waals surface area contributed by atoms with E-state index in [0.29, 0.717) is 11.1 Å². The Morgan fingerprint density at radius 1 is 1.18 bits per heavy atom. The van der Waals surface area contributed by atoms with Crippen molar-refractivity contribution in [3.8, 4) is 5.69 Å². The minimum absolute atomic E-state index is 0.113. The van der Waals surface area contributed by atoms with E-state index < -0.39 is 0 Å². The standard InChI is InChI=1S/C26H29N5OS/c1-4-18-10-8-9-13-22(18)30-16(2)14-20(17(30)3)15-21-23(27)31-26(28-24(21)32)33-25(29-31)19-11-6-5-7-12-19/h8-10,13-15,19,27H,4-7,11-12H2,1-3H3/b21-15-,27-23?. The Hall–Kier alpha value is -2.93. The minimum atomic E-state index is -0.363. The number of nitrogens with one attached hydrogen (secondary N) is 1. The number of hydrogen-bond donors (Lipinski definition) is 1. The van der Waals surface area contributed by atoms with Crippen LogP contribution in [0, 0.1) is 25.2 Å². The molecule has 170 valence electrons. The first-order valence-corrected chi connectivity index (χ1v) is 12.6. The van der Waals surface area contributed by atoms with Crippen molar-refractivity contribution in [1.82, 2.24) is 9.58 Å². The number of para-hydroxylation sites is 1. The van der Waals surface area contributed by atoms with Gasteiger partial charge in [-0.05, 0) is 74.2 Å². The molecule has 3 aliphatic rings. The SMILES string of the molecule is CCc1ccccc1-n1c(C)cc(/C=C2/C(=N)N3N=C(C4CCCCC4)SC3=NC2=O)c1C. The average Bonchev–Trinajstić information content (AvgIpc) is 3.37. The number of thioether (sulfide) groups is 1. The summed E-state index contributed by atoms with van der Waals surface area (Å²) in [5.74, 6) is 0.171. The first-order chi connectivity index (χ1) is 16.0. The van der Waals surface area contributed by atoms with Gasteiger partial charge in [0.25, 0.3) is 5.91 Å². The van der Waals surface area contributed by atoms with Crippen molar-refractivity contribution in [2.45, 2.75) is 59.3 Å². The molecule has 1 aromatic carbocycles. The van der Waals surface area contributed by atoms with Crippen LogP contribution < -0.4 is 0 Å². The molecule has 1 aliphatic carbocycles. The number of carbonyl (C=O) groups excluding carboxylic acids is 1. The molecule has 1 fully saturated rings. The van der Waals surface area contributed by atoms with Gasteiger partial charge in [-0.15, -0.1) is 0 Å². The van der Waals surface area contributed by atoms with Crippen LogP contribution in [0.1, 0.15) is 61.5 Å². The molecule has 1 amide bonds. The fourth-order valence-electron chi connectivity index (χ4n) is 5.01. The topological polar surface area (TPSA) is 73.8 Å². The summed E-state index contributed by atoms with van der Waals surface area (Å²) in [4.78, 5) is 17.2. The molecule has 0 atom stereocenters. The van der Waals surface area contributed by atoms with E-state index in [4.69, 9.17) is 10.5 Å². The maximum absolute atomic E-state index is 12.9. The molecule has 1 N–H and O–H groups in total. The van der Waals surface area contributed by atoms with Gasteiger partial charge in [0.2, 0.25) is 5.17 Å². The lowest BCUT2D eigenvalue weighted by Gasteiger charge is -2.20. The molecule has 0 spiro atoms. The Balaban J connectivity index is 1.49. The Morgan fingerprint density at radius 3 is 2.70 bits per heavy atom. The summed E-state index contributed by atoms with van der Waals surface area (Å²) in [5, 5.41) is 16.5. The zero-order valence-corrected chi connectivity index (χ0v) is 20.2. The van der Waals surface area contributed by atoms with Crippen LogP contribution >= 0.6 is 11.8 Å². The third-order valence-corrected chi connectivity index (χ3v) is 7.88. The number of benzene rings is 1. The molecule has 2 aromatic rings. The zero-order valence-electron chi connectivity index (χ0n) is 19.4. The smallest absolute Gasteiger partial charge is 0.283 e. The fraction of sp³-hybridized carbons (Fsp3) is 0.385. The highest BCUT2D eigenvalue weighted by Gasteiger charge is 2.38. The van der Waals surface area contributed by atoms with Crippen LogP contribution in [0.3, 0.4) is 0 Å². The van der Waals surface area contributed by atoms with Crippen molar-refractivity contribution in [1.29, 1.82) is 5.41 Å². The average molecular weight is 460 g/mol. The maximum Gasteiger partial charge on any atom is 0.283 e. The highest BCUT2D eigenvalue weighted by molar-refractivity contribution is 8.27.